The molecule has 0 amide bonds. The Labute approximate surface area is 119 Å². The van der Waals surface area contributed by atoms with Crippen LogP contribution in [-0.4, -0.2) is 18.9 Å². The minimum atomic E-state index is -0.265. The number of methoxy groups -OCH3 is 1. The van der Waals surface area contributed by atoms with Crippen LogP contribution in [0.2, 0.25) is 0 Å². The molecule has 19 heavy (non-hydrogen) atoms. The molecule has 0 radical (unpaired) electrons. The van der Waals surface area contributed by atoms with Crippen molar-refractivity contribution >= 4 is 23.1 Å². The van der Waals surface area contributed by atoms with Crippen molar-refractivity contribution in [2.75, 3.05) is 7.11 Å². The lowest BCUT2D eigenvalue weighted by Gasteiger charge is -2.11. The molecular formula is C15H22O3S. The number of Topliss-reactive ketones (excluding diaryl/α,β-unsaturated/α-hetero) is 1. The molecule has 4 heteroatoms. The van der Waals surface area contributed by atoms with Crippen molar-refractivity contribution < 1.29 is 14.3 Å². The molecule has 0 aliphatic rings. The summed E-state index contributed by atoms with van der Waals surface area (Å²) in [5.74, 6) is 0.0699. The molecule has 0 aliphatic carbocycles. The van der Waals surface area contributed by atoms with Crippen molar-refractivity contribution in [3.63, 3.8) is 0 Å². The van der Waals surface area contributed by atoms with Crippen molar-refractivity contribution in [1.82, 2.24) is 0 Å². The van der Waals surface area contributed by atoms with E-state index in [1.807, 2.05) is 12.1 Å². The van der Waals surface area contributed by atoms with Crippen LogP contribution in [0.25, 0.3) is 0 Å². The van der Waals surface area contributed by atoms with Crippen LogP contribution in [0.1, 0.15) is 54.1 Å². The maximum Gasteiger partial charge on any atom is 0.310 e. The van der Waals surface area contributed by atoms with Gasteiger partial charge in [-0.2, -0.15) is 0 Å². The molecule has 3 nitrogen and oxygen atoms in total. The molecule has 1 atom stereocenters. The van der Waals surface area contributed by atoms with Gasteiger partial charge in [-0.3, -0.25) is 9.59 Å². The van der Waals surface area contributed by atoms with Gasteiger partial charge < -0.3 is 4.74 Å². The molecule has 0 saturated carbocycles. The molecule has 1 rings (SSSR count). The van der Waals surface area contributed by atoms with Gasteiger partial charge in [0.2, 0.25) is 0 Å². The average molecular weight is 282 g/mol. The molecule has 1 aromatic rings. The largest absolute Gasteiger partial charge is 0.469 e. The van der Waals surface area contributed by atoms with Gasteiger partial charge in [-0.15, -0.1) is 11.3 Å². The predicted molar refractivity (Wildman–Crippen MR) is 77.7 cm³/mol. The van der Waals surface area contributed by atoms with Gasteiger partial charge in [-0.25, -0.2) is 0 Å². The van der Waals surface area contributed by atoms with Crippen molar-refractivity contribution in [3.8, 4) is 0 Å². The summed E-state index contributed by atoms with van der Waals surface area (Å²) in [5.41, 5.74) is 0. The maximum atomic E-state index is 12.3. The third kappa shape index (κ3) is 4.78. The molecule has 0 bridgehead atoms. The number of carbonyl (C=O) groups excluding carboxylic acids is 2. The zero-order valence-electron chi connectivity index (χ0n) is 11.9. The fourth-order valence-electron chi connectivity index (χ4n) is 1.99. The lowest BCUT2D eigenvalue weighted by molar-refractivity contribution is -0.139. The smallest absolute Gasteiger partial charge is 0.310 e. The number of ketones is 1. The van der Waals surface area contributed by atoms with Crippen molar-refractivity contribution in [2.24, 2.45) is 5.92 Å². The van der Waals surface area contributed by atoms with Gasteiger partial charge in [-0.05, 0) is 25.0 Å². The third-order valence-electron chi connectivity index (χ3n) is 3.22. The van der Waals surface area contributed by atoms with Crippen LogP contribution in [0, 0.1) is 5.92 Å². The lowest BCUT2D eigenvalue weighted by atomic mass is 9.94. The first-order valence-electron chi connectivity index (χ1n) is 6.82. The van der Waals surface area contributed by atoms with Crippen LogP contribution in [-0.2, 0) is 16.0 Å². The monoisotopic (exact) mass is 282 g/mol. The molecule has 1 unspecified atom stereocenters. The Bertz CT molecular complexity index is 423. The number of ether oxygens (including phenoxy) is 1. The summed E-state index contributed by atoms with van der Waals surface area (Å²) in [5, 5.41) is 0. The van der Waals surface area contributed by atoms with E-state index in [1.165, 1.54) is 18.4 Å². The summed E-state index contributed by atoms with van der Waals surface area (Å²) >= 11 is 1.41. The topological polar surface area (TPSA) is 43.4 Å². The van der Waals surface area contributed by atoms with E-state index in [9.17, 15) is 9.59 Å². The normalized spacial score (nSPS) is 12.2. The zero-order chi connectivity index (χ0) is 14.3. The van der Waals surface area contributed by atoms with Crippen LogP contribution in [0.15, 0.2) is 12.1 Å². The van der Waals surface area contributed by atoms with Crippen LogP contribution in [0.3, 0.4) is 0 Å². The summed E-state index contributed by atoms with van der Waals surface area (Å²) in [4.78, 5) is 25.2. The first-order valence-corrected chi connectivity index (χ1v) is 7.63. The standard InChI is InChI=1S/C15H22O3S/c1-4-6-7-11(5-2)15(17)13-9-8-12(19-13)10-14(16)18-3/h8-9,11H,4-7,10H2,1-3H3. The quantitative estimate of drug-likeness (QED) is 0.537. The second-order valence-corrected chi connectivity index (χ2v) is 5.80. The molecule has 106 valence electrons. The molecule has 1 heterocycles. The first-order chi connectivity index (χ1) is 9.12. The number of carbonyl (C=O) groups is 2. The zero-order valence-corrected chi connectivity index (χ0v) is 12.7. The van der Waals surface area contributed by atoms with E-state index >= 15 is 0 Å². The van der Waals surface area contributed by atoms with E-state index in [4.69, 9.17) is 0 Å². The van der Waals surface area contributed by atoms with Crippen LogP contribution in [0.5, 0.6) is 0 Å². The maximum absolute atomic E-state index is 12.3. The van der Waals surface area contributed by atoms with Crippen molar-refractivity contribution in [2.45, 2.75) is 46.0 Å². The number of hydrogen-bond donors (Lipinski definition) is 0. The molecule has 0 N–H and O–H groups in total. The second-order valence-electron chi connectivity index (χ2n) is 4.63. The first kappa shape index (κ1) is 15.9. The Morgan fingerprint density at radius 1 is 1.32 bits per heavy atom. The van der Waals surface area contributed by atoms with Gasteiger partial charge in [0, 0.05) is 10.8 Å². The molecule has 0 aromatic carbocycles. The summed E-state index contributed by atoms with van der Waals surface area (Å²) in [6, 6.07) is 3.68. The van der Waals surface area contributed by atoms with E-state index < -0.39 is 0 Å². The fraction of sp³-hybridized carbons (Fsp3) is 0.600. The second kappa shape index (κ2) is 8.10. The van der Waals surface area contributed by atoms with Crippen molar-refractivity contribution in [3.05, 3.63) is 21.9 Å². The summed E-state index contributed by atoms with van der Waals surface area (Å²) in [6.07, 6.45) is 4.28. The number of rotatable bonds is 8. The van der Waals surface area contributed by atoms with Gasteiger partial charge >= 0.3 is 5.97 Å². The predicted octanol–water partition coefficient (Wildman–Crippen LogP) is 3.86. The Kier molecular flexibility index (Phi) is 6.78. The highest BCUT2D eigenvalue weighted by molar-refractivity contribution is 7.14. The van der Waals surface area contributed by atoms with Crippen LogP contribution in [0.4, 0.5) is 0 Å². The Balaban J connectivity index is 2.68. The summed E-state index contributed by atoms with van der Waals surface area (Å²) < 4.78 is 4.63. The van der Waals surface area contributed by atoms with Crippen molar-refractivity contribution in [1.29, 1.82) is 0 Å². The van der Waals surface area contributed by atoms with Gasteiger partial charge in [0.25, 0.3) is 0 Å². The lowest BCUT2D eigenvalue weighted by Crippen LogP contribution is -2.12. The van der Waals surface area contributed by atoms with Gasteiger partial charge in [0.05, 0.1) is 18.4 Å². The van der Waals surface area contributed by atoms with Gasteiger partial charge in [0.15, 0.2) is 5.78 Å². The third-order valence-corrected chi connectivity index (χ3v) is 4.32. The average Bonchev–Trinajstić information content (AvgIpc) is 2.87. The number of unbranched alkanes of at least 4 members (excludes halogenated alkanes) is 1. The van der Waals surface area contributed by atoms with Crippen LogP contribution < -0.4 is 0 Å². The van der Waals surface area contributed by atoms with Crippen LogP contribution >= 0.6 is 11.3 Å². The van der Waals surface area contributed by atoms with E-state index in [0.717, 1.165) is 35.4 Å². The SMILES string of the molecule is CCCCC(CC)C(=O)c1ccc(CC(=O)OC)s1. The molecular weight excluding hydrogens is 260 g/mol. The van der Waals surface area contributed by atoms with E-state index in [0.29, 0.717) is 0 Å². The molecule has 0 aliphatic heterocycles. The van der Waals surface area contributed by atoms with E-state index in [1.54, 1.807) is 0 Å². The fourth-order valence-corrected chi connectivity index (χ4v) is 3.00. The van der Waals surface area contributed by atoms with Gasteiger partial charge in [-0.1, -0.05) is 26.7 Å². The Morgan fingerprint density at radius 2 is 2.05 bits per heavy atom. The van der Waals surface area contributed by atoms with E-state index in [2.05, 4.69) is 18.6 Å². The minimum absolute atomic E-state index is 0.115. The Hall–Kier alpha value is -1.16. The number of esters is 1. The number of hydrogen-bond acceptors (Lipinski definition) is 4. The highest BCUT2D eigenvalue weighted by Gasteiger charge is 2.19. The molecule has 0 saturated heterocycles. The van der Waals surface area contributed by atoms with E-state index in [-0.39, 0.29) is 24.1 Å². The molecule has 0 fully saturated rings. The minimum Gasteiger partial charge on any atom is -0.469 e. The molecule has 0 spiro atoms. The summed E-state index contributed by atoms with van der Waals surface area (Å²) in [7, 11) is 1.37. The highest BCUT2D eigenvalue weighted by Crippen LogP contribution is 2.24. The summed E-state index contributed by atoms with van der Waals surface area (Å²) in [6.45, 7) is 4.19. The number of thiophene rings is 1. The Morgan fingerprint density at radius 3 is 2.63 bits per heavy atom. The highest BCUT2D eigenvalue weighted by atomic mass is 32.1. The molecule has 1 aromatic heterocycles. The van der Waals surface area contributed by atoms with Gasteiger partial charge in [0.1, 0.15) is 0 Å².